The van der Waals surface area contributed by atoms with Crippen LogP contribution in [0.15, 0.2) is 42.5 Å². The lowest BCUT2D eigenvalue weighted by Crippen LogP contribution is -2.50. The average Bonchev–Trinajstić information content (AvgIpc) is 3.68. The lowest BCUT2D eigenvalue weighted by molar-refractivity contribution is -0.120. The van der Waals surface area contributed by atoms with E-state index < -0.39 is 10.0 Å². The Morgan fingerprint density at radius 3 is 2.21 bits per heavy atom. The van der Waals surface area contributed by atoms with Crippen molar-refractivity contribution in [2.75, 3.05) is 49.2 Å². The summed E-state index contributed by atoms with van der Waals surface area (Å²) < 4.78 is 24.8. The second kappa shape index (κ2) is 8.70. The number of nitrogens with zero attached hydrogens (tertiary/aromatic N) is 3. The van der Waals surface area contributed by atoms with E-state index in [9.17, 15) is 18.0 Å². The highest BCUT2D eigenvalue weighted by Gasteiger charge is 2.38. The van der Waals surface area contributed by atoms with Gasteiger partial charge in [0.1, 0.15) is 0 Å². The van der Waals surface area contributed by atoms with Gasteiger partial charge in [-0.1, -0.05) is 18.2 Å². The summed E-state index contributed by atoms with van der Waals surface area (Å²) in [4.78, 5) is 29.4. The van der Waals surface area contributed by atoms with Crippen LogP contribution in [0.4, 0.5) is 11.4 Å². The number of rotatable bonds is 4. The highest BCUT2D eigenvalue weighted by Crippen LogP contribution is 2.39. The summed E-state index contributed by atoms with van der Waals surface area (Å²) in [5, 5.41) is 3.45. The van der Waals surface area contributed by atoms with Crippen molar-refractivity contribution in [3.05, 3.63) is 48.0 Å². The summed E-state index contributed by atoms with van der Waals surface area (Å²) in [5.41, 5.74) is 4.47. The van der Waals surface area contributed by atoms with E-state index in [1.807, 2.05) is 41.3 Å². The number of hydrogen-bond donors (Lipinski definition) is 1. The van der Waals surface area contributed by atoms with Crippen molar-refractivity contribution >= 4 is 33.2 Å². The first-order valence-electron chi connectivity index (χ1n) is 11.8. The second-order valence-electron chi connectivity index (χ2n) is 9.48. The normalized spacial score (nSPS) is 21.1. The summed E-state index contributed by atoms with van der Waals surface area (Å²) >= 11 is 0. The fourth-order valence-corrected chi connectivity index (χ4v) is 5.55. The number of anilines is 2. The molecular formula is C25H30N4O4S. The van der Waals surface area contributed by atoms with Crippen LogP contribution < -0.4 is 10.2 Å². The molecule has 2 amide bonds. The first-order chi connectivity index (χ1) is 16.2. The Balaban J connectivity index is 1.30. The van der Waals surface area contributed by atoms with Gasteiger partial charge < -0.3 is 15.1 Å². The van der Waals surface area contributed by atoms with Gasteiger partial charge in [-0.2, -0.15) is 4.31 Å². The van der Waals surface area contributed by atoms with E-state index in [2.05, 4.69) is 18.3 Å². The molecule has 2 aromatic rings. The number of fused-ring (bicyclic) bond motifs is 1. The zero-order chi connectivity index (χ0) is 24.0. The van der Waals surface area contributed by atoms with E-state index in [1.54, 1.807) is 4.90 Å². The maximum absolute atomic E-state index is 12.9. The van der Waals surface area contributed by atoms with Gasteiger partial charge >= 0.3 is 0 Å². The topological polar surface area (TPSA) is 90.0 Å². The van der Waals surface area contributed by atoms with Gasteiger partial charge in [-0.25, -0.2) is 8.42 Å². The third kappa shape index (κ3) is 4.42. The van der Waals surface area contributed by atoms with Gasteiger partial charge in [0.2, 0.25) is 15.9 Å². The molecule has 0 bridgehead atoms. The molecule has 1 atom stereocenters. The van der Waals surface area contributed by atoms with Crippen LogP contribution in [0, 0.1) is 5.92 Å². The Bertz CT molecular complexity index is 1220. The fraction of sp³-hybridized carbons (Fsp3) is 0.440. The summed E-state index contributed by atoms with van der Waals surface area (Å²) in [5.74, 6) is 0.311. The minimum absolute atomic E-state index is 0.0879. The molecule has 5 rings (SSSR count). The SMILES string of the molecule is C[C@H]1CNc2cc(-c3ccc(C(=O)N4CCN(S(C)(=O)=O)CC4)cc3)ccc2N1C(=O)C1CC1. The maximum atomic E-state index is 12.9. The van der Waals surface area contributed by atoms with Crippen molar-refractivity contribution in [3.63, 3.8) is 0 Å². The van der Waals surface area contributed by atoms with Gasteiger partial charge in [0.05, 0.1) is 23.7 Å². The fourth-order valence-electron chi connectivity index (χ4n) is 4.73. The lowest BCUT2D eigenvalue weighted by Gasteiger charge is -2.36. The minimum Gasteiger partial charge on any atom is -0.381 e. The van der Waals surface area contributed by atoms with Crippen LogP contribution in [0.1, 0.15) is 30.1 Å². The Hall–Kier alpha value is -2.91. The van der Waals surface area contributed by atoms with Gasteiger partial charge in [0.25, 0.3) is 5.91 Å². The van der Waals surface area contributed by atoms with Crippen molar-refractivity contribution in [2.24, 2.45) is 5.92 Å². The lowest BCUT2D eigenvalue weighted by atomic mass is 10.00. The number of hydrogen-bond acceptors (Lipinski definition) is 5. The minimum atomic E-state index is -3.23. The first-order valence-corrected chi connectivity index (χ1v) is 13.6. The standard InChI is InChI=1S/C25H30N4O4S/c1-17-16-26-22-15-21(9-10-23(22)29(17)25(31)20-7-8-20)18-3-5-19(6-4-18)24(30)27-11-13-28(14-12-27)34(2,32)33/h3-6,9-10,15,17,20,26H,7-8,11-14,16H2,1-2H3/t17-/m0/s1. The quantitative estimate of drug-likeness (QED) is 0.724. The zero-order valence-electron chi connectivity index (χ0n) is 19.5. The molecule has 9 heteroatoms. The number of nitrogens with one attached hydrogen (secondary N) is 1. The molecule has 1 saturated heterocycles. The Morgan fingerprint density at radius 1 is 0.941 bits per heavy atom. The molecule has 0 unspecified atom stereocenters. The van der Waals surface area contributed by atoms with Crippen molar-refractivity contribution in [1.82, 2.24) is 9.21 Å². The predicted octanol–water partition coefficient (Wildman–Crippen LogP) is 2.63. The van der Waals surface area contributed by atoms with Crippen molar-refractivity contribution in [3.8, 4) is 11.1 Å². The molecule has 3 aliphatic rings. The highest BCUT2D eigenvalue weighted by atomic mass is 32.2. The smallest absolute Gasteiger partial charge is 0.253 e. The number of carbonyl (C=O) groups is 2. The van der Waals surface area contributed by atoms with E-state index >= 15 is 0 Å². The van der Waals surface area contributed by atoms with Crippen LogP contribution in [-0.2, 0) is 14.8 Å². The van der Waals surface area contributed by atoms with Crippen molar-refractivity contribution in [2.45, 2.75) is 25.8 Å². The van der Waals surface area contributed by atoms with E-state index in [1.165, 1.54) is 10.6 Å². The molecule has 8 nitrogen and oxygen atoms in total. The van der Waals surface area contributed by atoms with E-state index in [4.69, 9.17) is 0 Å². The number of sulfonamides is 1. The summed E-state index contributed by atoms with van der Waals surface area (Å²) in [6, 6.07) is 13.7. The molecule has 1 saturated carbocycles. The van der Waals surface area contributed by atoms with Crippen molar-refractivity contribution in [1.29, 1.82) is 0 Å². The monoisotopic (exact) mass is 482 g/mol. The van der Waals surface area contributed by atoms with Crippen molar-refractivity contribution < 1.29 is 18.0 Å². The van der Waals surface area contributed by atoms with Gasteiger partial charge in [-0.3, -0.25) is 9.59 Å². The van der Waals surface area contributed by atoms with Crippen LogP contribution in [-0.4, -0.2) is 74.5 Å². The zero-order valence-corrected chi connectivity index (χ0v) is 20.3. The third-order valence-corrected chi connectivity index (χ3v) is 8.21. The summed E-state index contributed by atoms with van der Waals surface area (Å²) in [6.07, 6.45) is 3.17. The van der Waals surface area contributed by atoms with E-state index in [0.717, 1.165) is 41.9 Å². The van der Waals surface area contributed by atoms with Gasteiger partial charge in [0, 0.05) is 44.2 Å². The Morgan fingerprint density at radius 2 is 1.59 bits per heavy atom. The molecule has 2 aromatic carbocycles. The van der Waals surface area contributed by atoms with Gasteiger partial charge in [-0.15, -0.1) is 0 Å². The van der Waals surface area contributed by atoms with Crippen LogP contribution in [0.5, 0.6) is 0 Å². The average molecular weight is 483 g/mol. The number of benzene rings is 2. The molecule has 1 N–H and O–H groups in total. The molecule has 2 aliphatic heterocycles. The molecule has 0 aromatic heterocycles. The molecular weight excluding hydrogens is 452 g/mol. The first kappa shape index (κ1) is 22.9. The number of carbonyl (C=O) groups excluding carboxylic acids is 2. The van der Waals surface area contributed by atoms with Gasteiger partial charge in [-0.05, 0) is 55.2 Å². The second-order valence-corrected chi connectivity index (χ2v) is 11.5. The summed E-state index contributed by atoms with van der Waals surface area (Å²) in [7, 11) is -3.23. The molecule has 2 fully saturated rings. The molecule has 0 radical (unpaired) electrons. The maximum Gasteiger partial charge on any atom is 0.253 e. The molecule has 180 valence electrons. The van der Waals surface area contributed by atoms with Gasteiger partial charge in [0.15, 0.2) is 0 Å². The molecule has 1 aliphatic carbocycles. The molecule has 34 heavy (non-hydrogen) atoms. The predicted molar refractivity (Wildman–Crippen MR) is 132 cm³/mol. The van der Waals surface area contributed by atoms with Crippen LogP contribution >= 0.6 is 0 Å². The number of amides is 2. The Labute approximate surface area is 200 Å². The highest BCUT2D eigenvalue weighted by molar-refractivity contribution is 7.88. The summed E-state index contributed by atoms with van der Waals surface area (Å²) in [6.45, 7) is 4.21. The van der Waals surface area contributed by atoms with E-state index in [-0.39, 0.29) is 23.8 Å². The largest absolute Gasteiger partial charge is 0.381 e. The molecule has 2 heterocycles. The Kier molecular flexibility index (Phi) is 5.85. The van der Waals surface area contributed by atoms with Crippen LogP contribution in [0.2, 0.25) is 0 Å². The van der Waals surface area contributed by atoms with Crippen LogP contribution in [0.25, 0.3) is 11.1 Å². The van der Waals surface area contributed by atoms with E-state index in [0.29, 0.717) is 31.7 Å². The third-order valence-electron chi connectivity index (χ3n) is 6.91. The number of piperazine rings is 1. The van der Waals surface area contributed by atoms with Crippen LogP contribution in [0.3, 0.4) is 0 Å². The molecule has 0 spiro atoms.